The van der Waals surface area contributed by atoms with E-state index < -0.39 is 36.8 Å². The first-order valence-corrected chi connectivity index (χ1v) is 7.75. The third-order valence-electron chi connectivity index (χ3n) is 3.34. The van der Waals surface area contributed by atoms with E-state index in [0.717, 1.165) is 24.3 Å². The van der Waals surface area contributed by atoms with E-state index in [2.05, 4.69) is 19.8 Å². The van der Waals surface area contributed by atoms with Crippen LogP contribution in [0.2, 0.25) is 0 Å². The number of halogens is 6. The summed E-state index contributed by atoms with van der Waals surface area (Å²) in [7, 11) is 0. The molecule has 0 radical (unpaired) electrons. The summed E-state index contributed by atoms with van der Waals surface area (Å²) < 4.78 is 80.9. The van der Waals surface area contributed by atoms with Gasteiger partial charge in [-0.25, -0.2) is 4.98 Å². The number of ether oxygens (including phenoxy) is 2. The Hall–Kier alpha value is -2.98. The Kier molecular flexibility index (Phi) is 6.37. The van der Waals surface area contributed by atoms with Gasteiger partial charge in [-0.3, -0.25) is 4.79 Å². The Balaban J connectivity index is 1.94. The van der Waals surface area contributed by atoms with Gasteiger partial charge < -0.3 is 14.8 Å². The number of hydrogen-bond donors (Lipinski definition) is 1. The molecule has 0 spiro atoms. The summed E-state index contributed by atoms with van der Waals surface area (Å²) >= 11 is 0. The minimum atomic E-state index is -4.83. The van der Waals surface area contributed by atoms with Crippen molar-refractivity contribution in [1.29, 1.82) is 0 Å². The fraction of sp³-hybridized carbons (Fsp3) is 0.294. The van der Waals surface area contributed by atoms with Gasteiger partial charge in [0.05, 0.1) is 6.04 Å². The fourth-order valence-corrected chi connectivity index (χ4v) is 2.06. The Bertz CT molecular complexity index is 789. The highest BCUT2D eigenvalue weighted by molar-refractivity contribution is 5.94. The van der Waals surface area contributed by atoms with E-state index in [9.17, 15) is 31.1 Å². The van der Waals surface area contributed by atoms with Gasteiger partial charge in [-0.1, -0.05) is 6.07 Å². The van der Waals surface area contributed by atoms with Gasteiger partial charge in [0.15, 0.2) is 6.61 Å². The number of hydrogen-bond acceptors (Lipinski definition) is 4. The first kappa shape index (κ1) is 21.3. The molecule has 28 heavy (non-hydrogen) atoms. The van der Waals surface area contributed by atoms with E-state index in [0.29, 0.717) is 5.56 Å². The highest BCUT2D eigenvalue weighted by atomic mass is 19.4. The van der Waals surface area contributed by atoms with Crippen LogP contribution >= 0.6 is 0 Å². The molecule has 1 atom stereocenters. The molecule has 0 aliphatic heterocycles. The van der Waals surface area contributed by atoms with Crippen LogP contribution in [0, 0.1) is 0 Å². The SMILES string of the molecule is C[C@@H](NC(=O)c1ccc(OC(F)(F)F)cc1)c1ccc(OCC(F)(F)F)nc1. The van der Waals surface area contributed by atoms with Crippen LogP contribution in [-0.2, 0) is 0 Å². The van der Waals surface area contributed by atoms with Crippen LogP contribution in [0.4, 0.5) is 26.3 Å². The van der Waals surface area contributed by atoms with Crippen LogP contribution in [0.3, 0.4) is 0 Å². The van der Waals surface area contributed by atoms with E-state index in [4.69, 9.17) is 0 Å². The Morgan fingerprint density at radius 2 is 1.71 bits per heavy atom. The first-order chi connectivity index (χ1) is 12.9. The highest BCUT2D eigenvalue weighted by Crippen LogP contribution is 2.23. The molecule has 0 unspecified atom stereocenters. The zero-order valence-corrected chi connectivity index (χ0v) is 14.3. The van der Waals surface area contributed by atoms with Crippen molar-refractivity contribution in [2.75, 3.05) is 6.61 Å². The standard InChI is InChI=1S/C17H14F6N2O3/c1-10(12-4-7-14(24-8-12)27-9-16(18,19)20)25-15(26)11-2-5-13(6-3-11)28-17(21,22)23/h2-8,10H,9H2,1H3,(H,25,26)/t10-/m1/s1. The minimum absolute atomic E-state index is 0.0967. The monoisotopic (exact) mass is 408 g/mol. The Morgan fingerprint density at radius 1 is 1.07 bits per heavy atom. The van der Waals surface area contributed by atoms with Crippen molar-refractivity contribution in [2.45, 2.75) is 25.5 Å². The van der Waals surface area contributed by atoms with Gasteiger partial charge in [-0.05, 0) is 36.8 Å². The van der Waals surface area contributed by atoms with Gasteiger partial charge in [-0.15, -0.1) is 13.2 Å². The van der Waals surface area contributed by atoms with Crippen LogP contribution in [0.1, 0.15) is 28.9 Å². The van der Waals surface area contributed by atoms with Gasteiger partial charge in [0.1, 0.15) is 5.75 Å². The lowest BCUT2D eigenvalue weighted by molar-refractivity contribution is -0.274. The third-order valence-corrected chi connectivity index (χ3v) is 3.34. The molecule has 1 aromatic carbocycles. The van der Waals surface area contributed by atoms with E-state index in [-0.39, 0.29) is 11.4 Å². The summed E-state index contributed by atoms with van der Waals surface area (Å²) in [6.07, 6.45) is -8.07. The molecule has 0 saturated carbocycles. The number of rotatable bonds is 6. The van der Waals surface area contributed by atoms with Gasteiger partial charge in [0, 0.05) is 17.8 Å². The van der Waals surface area contributed by atoms with Gasteiger partial charge in [0.25, 0.3) is 5.91 Å². The van der Waals surface area contributed by atoms with E-state index in [1.807, 2.05) is 0 Å². The predicted octanol–water partition coefficient (Wildman–Crippen LogP) is 4.41. The molecule has 1 heterocycles. The minimum Gasteiger partial charge on any atom is -0.468 e. The van der Waals surface area contributed by atoms with Crippen molar-refractivity contribution >= 4 is 5.91 Å². The molecular formula is C17H14F6N2O3. The Morgan fingerprint density at radius 3 is 2.21 bits per heavy atom. The van der Waals surface area contributed by atoms with Gasteiger partial charge >= 0.3 is 12.5 Å². The van der Waals surface area contributed by atoms with Crippen LogP contribution in [-0.4, -0.2) is 30.0 Å². The maximum absolute atomic E-state index is 12.2. The van der Waals surface area contributed by atoms with E-state index in [1.54, 1.807) is 6.92 Å². The summed E-state index contributed by atoms with van der Waals surface area (Å²) in [5.41, 5.74) is 0.587. The first-order valence-electron chi connectivity index (χ1n) is 7.75. The van der Waals surface area contributed by atoms with Crippen LogP contribution in [0.25, 0.3) is 0 Å². The lowest BCUT2D eigenvalue weighted by Gasteiger charge is -2.15. The van der Waals surface area contributed by atoms with Crippen molar-refractivity contribution < 1.29 is 40.6 Å². The summed E-state index contributed by atoms with van der Waals surface area (Å²) in [6.45, 7) is 0.131. The molecule has 0 saturated heterocycles. The fourth-order valence-electron chi connectivity index (χ4n) is 2.06. The van der Waals surface area contributed by atoms with Crippen LogP contribution in [0.5, 0.6) is 11.6 Å². The number of aromatic nitrogens is 1. The topological polar surface area (TPSA) is 60.5 Å². The molecule has 1 aromatic heterocycles. The molecule has 0 fully saturated rings. The molecule has 0 aliphatic rings. The largest absolute Gasteiger partial charge is 0.573 e. The number of nitrogens with one attached hydrogen (secondary N) is 1. The van der Waals surface area contributed by atoms with Gasteiger partial charge in [0.2, 0.25) is 5.88 Å². The average Bonchev–Trinajstić information content (AvgIpc) is 2.59. The van der Waals surface area contributed by atoms with Crippen molar-refractivity contribution in [3.63, 3.8) is 0 Å². The molecule has 1 amide bonds. The second kappa shape index (κ2) is 8.36. The highest BCUT2D eigenvalue weighted by Gasteiger charge is 2.31. The Labute approximate surface area is 155 Å². The molecule has 11 heteroatoms. The molecule has 0 aliphatic carbocycles. The summed E-state index contributed by atoms with van der Waals surface area (Å²) in [6, 6.07) is 6.42. The van der Waals surface area contributed by atoms with Crippen molar-refractivity contribution in [1.82, 2.24) is 10.3 Å². The summed E-state index contributed by atoms with van der Waals surface area (Å²) in [5.74, 6) is -1.25. The smallest absolute Gasteiger partial charge is 0.468 e. The van der Waals surface area contributed by atoms with Crippen molar-refractivity contribution in [3.8, 4) is 11.6 Å². The number of amides is 1. The number of benzene rings is 1. The number of alkyl halides is 6. The quantitative estimate of drug-likeness (QED) is 0.720. The summed E-state index contributed by atoms with van der Waals surface area (Å²) in [5, 5.41) is 2.59. The molecule has 2 aromatic rings. The molecule has 152 valence electrons. The number of carbonyl (C=O) groups is 1. The molecule has 1 N–H and O–H groups in total. The second-order valence-electron chi connectivity index (χ2n) is 5.60. The molecule has 2 rings (SSSR count). The number of pyridine rings is 1. The second-order valence-corrected chi connectivity index (χ2v) is 5.60. The maximum Gasteiger partial charge on any atom is 0.573 e. The van der Waals surface area contributed by atoms with Crippen LogP contribution in [0.15, 0.2) is 42.6 Å². The van der Waals surface area contributed by atoms with Crippen molar-refractivity contribution in [3.05, 3.63) is 53.7 Å². The number of carbonyl (C=O) groups excluding carboxylic acids is 1. The molecule has 0 bridgehead atoms. The summed E-state index contributed by atoms with van der Waals surface area (Å²) in [4.78, 5) is 15.9. The third kappa shape index (κ3) is 6.97. The van der Waals surface area contributed by atoms with Crippen molar-refractivity contribution in [2.24, 2.45) is 0 Å². The zero-order valence-electron chi connectivity index (χ0n) is 14.3. The predicted molar refractivity (Wildman–Crippen MR) is 84.8 cm³/mol. The zero-order chi connectivity index (χ0) is 20.9. The number of nitrogens with zero attached hydrogens (tertiary/aromatic N) is 1. The lowest BCUT2D eigenvalue weighted by atomic mass is 10.1. The van der Waals surface area contributed by atoms with E-state index >= 15 is 0 Å². The average molecular weight is 408 g/mol. The van der Waals surface area contributed by atoms with Gasteiger partial charge in [-0.2, -0.15) is 13.2 Å². The normalized spacial score (nSPS) is 13.0. The molecular weight excluding hydrogens is 394 g/mol. The van der Waals surface area contributed by atoms with Crippen LogP contribution < -0.4 is 14.8 Å². The maximum atomic E-state index is 12.2. The molecule has 5 nitrogen and oxygen atoms in total. The lowest BCUT2D eigenvalue weighted by Crippen LogP contribution is -2.26. The van der Waals surface area contributed by atoms with E-state index in [1.165, 1.54) is 18.3 Å².